The van der Waals surface area contributed by atoms with Gasteiger partial charge >= 0.3 is 0 Å². The first-order valence-electron chi connectivity index (χ1n) is 9.18. The van der Waals surface area contributed by atoms with Gasteiger partial charge in [-0.2, -0.15) is 0 Å². The van der Waals surface area contributed by atoms with Gasteiger partial charge in [-0.1, -0.05) is 13.8 Å². The van der Waals surface area contributed by atoms with Gasteiger partial charge < -0.3 is 9.26 Å². The van der Waals surface area contributed by atoms with Gasteiger partial charge in [0.25, 0.3) is 0 Å². The Bertz CT molecular complexity index is 380. The molecule has 130 valence electrons. The van der Waals surface area contributed by atoms with Crippen LogP contribution in [0.2, 0.25) is 0 Å². The molecule has 0 saturated carbocycles. The lowest BCUT2D eigenvalue weighted by molar-refractivity contribution is -0.113. The zero-order valence-corrected chi connectivity index (χ0v) is 16.2. The molecule has 1 rings (SSSR count). The Morgan fingerprint density at radius 1 is 1.41 bits per heavy atom. The molecule has 0 N–H and O–H groups in total. The molecule has 1 fully saturated rings. The highest BCUT2D eigenvalue weighted by atomic mass is 31.2. The Kier molecular flexibility index (Phi) is 6.82. The Labute approximate surface area is 139 Å². The molecule has 0 aromatic rings. The SMILES string of the molecule is [2H]C[C@]1(CC)O[C@@H](C)CC1OP(C(=O)CC)N(C(C)C)C(C)C. The van der Waals surface area contributed by atoms with Crippen molar-refractivity contribution in [3.05, 3.63) is 0 Å². The predicted octanol–water partition coefficient (Wildman–Crippen LogP) is 4.72. The first kappa shape index (κ1) is 18.3. The lowest BCUT2D eigenvalue weighted by Gasteiger charge is -2.39. The second-order valence-electron chi connectivity index (χ2n) is 6.76. The molecule has 1 heterocycles. The molecule has 1 aliphatic rings. The van der Waals surface area contributed by atoms with Gasteiger partial charge in [-0.05, 0) is 47.9 Å². The number of nitrogens with zero attached hydrogens (tertiary/aromatic N) is 1. The van der Waals surface area contributed by atoms with E-state index in [0.29, 0.717) is 6.42 Å². The van der Waals surface area contributed by atoms with Crippen LogP contribution in [0, 0.1) is 0 Å². The third-order valence-corrected chi connectivity index (χ3v) is 6.72. The minimum absolute atomic E-state index is 0.0745. The van der Waals surface area contributed by atoms with Crippen LogP contribution in [0.25, 0.3) is 0 Å². The van der Waals surface area contributed by atoms with Crippen LogP contribution in [0.4, 0.5) is 0 Å². The Hall–Kier alpha value is -0.0200. The lowest BCUT2D eigenvalue weighted by Crippen LogP contribution is -2.40. The Morgan fingerprint density at radius 3 is 2.41 bits per heavy atom. The molecule has 0 aliphatic carbocycles. The molecule has 1 saturated heterocycles. The number of hydrogen-bond acceptors (Lipinski definition) is 4. The van der Waals surface area contributed by atoms with E-state index in [1.807, 2.05) is 20.8 Å². The van der Waals surface area contributed by atoms with Gasteiger partial charge in [0.1, 0.15) is 0 Å². The van der Waals surface area contributed by atoms with E-state index in [2.05, 4.69) is 32.4 Å². The van der Waals surface area contributed by atoms with Gasteiger partial charge in [-0.25, -0.2) is 4.67 Å². The molecule has 4 atom stereocenters. The number of ether oxygens (including phenoxy) is 1. The highest BCUT2D eigenvalue weighted by molar-refractivity contribution is 7.68. The summed E-state index contributed by atoms with van der Waals surface area (Å²) in [5.41, 5.74) is -0.412. The topological polar surface area (TPSA) is 38.8 Å². The van der Waals surface area contributed by atoms with Crippen LogP contribution in [0.1, 0.15) is 76.0 Å². The van der Waals surface area contributed by atoms with Gasteiger partial charge in [0.15, 0.2) is 13.8 Å². The maximum Gasteiger partial charge on any atom is 0.197 e. The summed E-state index contributed by atoms with van der Waals surface area (Å²) in [6.07, 6.45) is 1.86. The molecule has 0 aromatic heterocycles. The summed E-state index contributed by atoms with van der Waals surface area (Å²) in [6.45, 7) is 14.5. The van der Waals surface area contributed by atoms with Crippen molar-refractivity contribution in [2.45, 2.75) is 105 Å². The zero-order chi connectivity index (χ0) is 17.8. The fourth-order valence-electron chi connectivity index (χ4n) is 3.00. The van der Waals surface area contributed by atoms with E-state index in [-0.39, 0.29) is 36.7 Å². The van der Waals surface area contributed by atoms with Gasteiger partial charge in [0.05, 0.1) is 17.8 Å². The van der Waals surface area contributed by atoms with E-state index in [9.17, 15) is 4.79 Å². The molecule has 0 aromatic carbocycles. The second kappa shape index (κ2) is 8.19. The van der Waals surface area contributed by atoms with Crippen LogP contribution in [0.5, 0.6) is 0 Å². The maximum absolute atomic E-state index is 12.6. The summed E-state index contributed by atoms with van der Waals surface area (Å²) >= 11 is 0. The van der Waals surface area contributed by atoms with E-state index in [1.165, 1.54) is 0 Å². The third kappa shape index (κ3) is 4.50. The molecule has 5 heteroatoms. The maximum atomic E-state index is 12.6. The predicted molar refractivity (Wildman–Crippen MR) is 93.1 cm³/mol. The minimum Gasteiger partial charge on any atom is -0.370 e. The fraction of sp³-hybridized carbons (Fsp3) is 0.941. The van der Waals surface area contributed by atoms with Gasteiger partial charge in [0.2, 0.25) is 0 Å². The molecule has 0 amide bonds. The molecule has 4 nitrogen and oxygen atoms in total. The third-order valence-electron chi connectivity index (χ3n) is 4.18. The quantitative estimate of drug-likeness (QED) is 0.603. The number of carbonyl (C=O) groups excluding carboxylic acids is 1. The average molecular weight is 332 g/mol. The Morgan fingerprint density at radius 2 is 2.00 bits per heavy atom. The standard InChI is InChI=1S/C17H34NO3P/c1-9-16(19)22(18(12(3)4)13(5)6)21-15-11-14(7)20-17(15,8)10-2/h12-15H,9-11H2,1-8H3/t14-,15?,17+,22?/m0/s1/i8D. The van der Waals surface area contributed by atoms with Crippen LogP contribution in [-0.4, -0.2) is 40.1 Å². The van der Waals surface area contributed by atoms with Crippen molar-refractivity contribution >= 4 is 13.8 Å². The normalized spacial score (nSPS) is 31.1. The first-order chi connectivity index (χ1) is 10.7. The zero-order valence-electron chi connectivity index (χ0n) is 16.3. The summed E-state index contributed by atoms with van der Waals surface area (Å²) in [4.78, 5) is 12.6. The van der Waals surface area contributed by atoms with Crippen molar-refractivity contribution in [1.29, 1.82) is 0 Å². The Balaban J connectivity index is 3.07. The van der Waals surface area contributed by atoms with Crippen molar-refractivity contribution in [2.75, 3.05) is 0 Å². The van der Waals surface area contributed by atoms with Gasteiger partial charge in [-0.15, -0.1) is 0 Å². The van der Waals surface area contributed by atoms with Crippen molar-refractivity contribution in [2.24, 2.45) is 0 Å². The van der Waals surface area contributed by atoms with Crippen LogP contribution in [0.15, 0.2) is 0 Å². The van der Waals surface area contributed by atoms with Crippen LogP contribution in [-0.2, 0) is 14.1 Å². The number of carbonyl (C=O) groups is 1. The van der Waals surface area contributed by atoms with Crippen LogP contribution < -0.4 is 0 Å². The lowest BCUT2D eigenvalue weighted by atomic mass is 9.96. The molecule has 0 spiro atoms. The van der Waals surface area contributed by atoms with E-state index in [1.54, 1.807) is 0 Å². The van der Waals surface area contributed by atoms with Crippen molar-refractivity contribution in [3.63, 3.8) is 0 Å². The smallest absolute Gasteiger partial charge is 0.197 e. The molecule has 22 heavy (non-hydrogen) atoms. The summed E-state index contributed by atoms with van der Waals surface area (Å²) < 4.78 is 22.6. The highest BCUT2D eigenvalue weighted by Crippen LogP contribution is 2.51. The van der Waals surface area contributed by atoms with Crippen molar-refractivity contribution < 1.29 is 15.4 Å². The van der Waals surface area contributed by atoms with Crippen LogP contribution in [0.3, 0.4) is 0 Å². The van der Waals surface area contributed by atoms with Gasteiger partial charge in [-0.3, -0.25) is 4.79 Å². The number of hydrogen-bond donors (Lipinski definition) is 0. The van der Waals surface area contributed by atoms with Crippen molar-refractivity contribution in [3.8, 4) is 0 Å². The van der Waals surface area contributed by atoms with Crippen molar-refractivity contribution in [1.82, 2.24) is 4.67 Å². The highest BCUT2D eigenvalue weighted by Gasteiger charge is 2.46. The molecular formula is C17H34NO3P. The largest absolute Gasteiger partial charge is 0.370 e. The fourth-order valence-corrected chi connectivity index (χ4v) is 5.12. The van der Waals surface area contributed by atoms with E-state index < -0.39 is 13.9 Å². The second-order valence-corrected chi connectivity index (χ2v) is 8.48. The van der Waals surface area contributed by atoms with E-state index >= 15 is 0 Å². The molecule has 1 aliphatic heterocycles. The molecular weight excluding hydrogens is 297 g/mol. The van der Waals surface area contributed by atoms with Crippen LogP contribution >= 0.6 is 8.30 Å². The summed E-state index contributed by atoms with van der Waals surface area (Å²) in [6, 6.07) is 0.478. The minimum atomic E-state index is -1.33. The summed E-state index contributed by atoms with van der Waals surface area (Å²) in [7, 11) is -1.33. The number of rotatable bonds is 8. The molecule has 2 unspecified atom stereocenters. The molecule has 0 bridgehead atoms. The van der Waals surface area contributed by atoms with Gasteiger partial charge in [0, 0.05) is 26.3 Å². The molecule has 0 radical (unpaired) electrons. The van der Waals surface area contributed by atoms with E-state index in [0.717, 1.165) is 12.8 Å². The van der Waals surface area contributed by atoms with E-state index in [4.69, 9.17) is 10.6 Å². The first-order valence-corrected chi connectivity index (χ1v) is 9.68. The summed E-state index contributed by atoms with van der Waals surface area (Å²) in [5.74, 6) is 0. The summed E-state index contributed by atoms with van der Waals surface area (Å²) in [5, 5.41) is 0. The monoisotopic (exact) mass is 332 g/mol. The average Bonchev–Trinajstić information content (AvgIpc) is 2.81.